The molecule has 0 amide bonds. The van der Waals surface area contributed by atoms with Crippen molar-refractivity contribution in [2.45, 2.75) is 126 Å². The molecule has 0 saturated carbocycles. The van der Waals surface area contributed by atoms with E-state index in [2.05, 4.69) is 237 Å². The Kier molecular flexibility index (Phi) is 21.9. The summed E-state index contributed by atoms with van der Waals surface area (Å²) in [4.78, 5) is 0. The molecule has 94 heavy (non-hydrogen) atoms. The molecule has 0 aliphatic carbocycles. The number of hydrogen-bond donors (Lipinski definition) is 0. The van der Waals surface area contributed by atoms with Crippen LogP contribution in [0.3, 0.4) is 0 Å². The fourth-order valence-corrected chi connectivity index (χ4v) is 12.0. The van der Waals surface area contributed by atoms with Crippen LogP contribution in [0.5, 0.6) is 0 Å². The Morgan fingerprint density at radius 2 is 0.489 bits per heavy atom. The molecule has 12 aromatic rings. The zero-order valence-electron chi connectivity index (χ0n) is 64.2. The lowest BCUT2D eigenvalue weighted by Gasteiger charge is -2.12. The predicted octanol–water partition coefficient (Wildman–Crippen LogP) is 22.2. The van der Waals surface area contributed by atoms with Crippen molar-refractivity contribution in [2.24, 2.45) is 28.2 Å². The second kappa shape index (κ2) is 33.3. The minimum atomic E-state index is -2.23. The molecule has 8 aromatic carbocycles. The lowest BCUT2D eigenvalue weighted by Crippen LogP contribution is -2.31. The molecule has 0 spiro atoms. The molecule has 0 saturated heterocycles. The van der Waals surface area contributed by atoms with Gasteiger partial charge in [0.1, 0.15) is 28.2 Å². The van der Waals surface area contributed by atoms with Crippen LogP contribution in [0.15, 0.2) is 231 Å². The van der Waals surface area contributed by atoms with E-state index in [1.807, 2.05) is 74.0 Å². The molecule has 4 heteroatoms. The van der Waals surface area contributed by atoms with Crippen molar-refractivity contribution in [3.8, 4) is 89.5 Å². The standard InChI is InChI=1S/2C22H24N.2C21H22N.4CH4/c2*1-15-13-22(23(5)14-18(15)4)21-12-16(2)20(11-17(21)3)19-9-7-6-8-10-19;1-15-10-11-21(22(4)14-15)20-13-16(2)19(12-17(20)3)18-8-6-5-7-9-18;1-15-10-11-21(22(4)14-15)20-13-19(16(2)12-17(20)3)18-8-6-5-7-9-18;;;;/h2*6-14H,1-5H3;2*5-14H,1-4H3;4*1H4/q4*+1;;;;/i4D3;;;1D3,2D3;;;;. The molecule has 0 fully saturated rings. The van der Waals surface area contributed by atoms with Gasteiger partial charge in [-0.3, -0.25) is 0 Å². The van der Waals surface area contributed by atoms with Crippen LogP contribution in [0.2, 0.25) is 0 Å². The third kappa shape index (κ3) is 17.5. The summed E-state index contributed by atoms with van der Waals surface area (Å²) in [5, 5.41) is 0. The van der Waals surface area contributed by atoms with Crippen LogP contribution in [0.25, 0.3) is 89.5 Å². The number of pyridine rings is 4. The van der Waals surface area contributed by atoms with E-state index in [0.29, 0.717) is 16.7 Å². The van der Waals surface area contributed by atoms with E-state index in [1.165, 1.54) is 106 Å². The highest BCUT2D eigenvalue weighted by Gasteiger charge is 2.21. The molecule has 0 aliphatic rings. The highest BCUT2D eigenvalue weighted by Crippen LogP contribution is 2.35. The summed E-state index contributed by atoms with van der Waals surface area (Å²) in [6.45, 7) is 16.7. The van der Waals surface area contributed by atoms with E-state index in [9.17, 15) is 0 Å². The van der Waals surface area contributed by atoms with Gasteiger partial charge in [-0.2, -0.15) is 0 Å². The van der Waals surface area contributed by atoms with E-state index in [4.69, 9.17) is 12.3 Å². The maximum absolute atomic E-state index is 7.94. The highest BCUT2D eigenvalue weighted by atomic mass is 14.9. The van der Waals surface area contributed by atoms with E-state index < -0.39 is 20.6 Å². The van der Waals surface area contributed by atoms with Crippen LogP contribution in [0.1, 0.15) is 120 Å². The SMILES string of the molecule is C.C.C.C.Cc1cc(-c2cc(C)c(-c3ccccc3)cc2C)[n+](C)cc1C.Cc1ccc(-c2cc(C)c(-c3ccccc3)cc2C)[n+](C)c1.[2H]C([2H])([2H])c1c[n+](C)c(-c2cc(C)c(-c3ccccc3)cc2C)cc1C.[2H]C([2H])([2H])c1ccc(-c2cc(-c3ccccc3)c(C([2H])([2H])[2H])cc2C)[n+](C)c1. The van der Waals surface area contributed by atoms with Gasteiger partial charge in [0.2, 0.25) is 22.8 Å². The molecule has 0 N–H and O–H groups in total. The van der Waals surface area contributed by atoms with E-state index in [0.717, 1.165) is 39.2 Å². The first kappa shape index (κ1) is 61.8. The number of aryl methyl sites for hydroxylation is 18. The van der Waals surface area contributed by atoms with E-state index in [-0.39, 0.29) is 35.3 Å². The van der Waals surface area contributed by atoms with Crippen molar-refractivity contribution in [3.05, 3.63) is 309 Å². The molecule has 0 bridgehead atoms. The van der Waals surface area contributed by atoms with Gasteiger partial charge in [-0.1, -0.05) is 175 Å². The fraction of sp³-hybridized carbons (Fsp3) is 0.244. The molecule has 0 aliphatic heterocycles. The third-order valence-electron chi connectivity index (χ3n) is 17.2. The maximum atomic E-state index is 7.94. The number of rotatable bonds is 8. The van der Waals surface area contributed by atoms with Crippen molar-refractivity contribution in [2.75, 3.05) is 0 Å². The van der Waals surface area contributed by atoms with Gasteiger partial charge in [0, 0.05) is 81.1 Å². The highest BCUT2D eigenvalue weighted by molar-refractivity contribution is 5.78. The largest absolute Gasteiger partial charge is 0.212 e. The first-order valence-electron chi connectivity index (χ1n) is 35.4. The molecule has 0 atom stereocenters. The Balaban J connectivity index is 0.000000245. The molecule has 12 rings (SSSR count). The van der Waals surface area contributed by atoms with Crippen molar-refractivity contribution in [1.29, 1.82) is 0 Å². The molecule has 0 radical (unpaired) electrons. The molecule has 4 heterocycles. The second-order valence-corrected chi connectivity index (χ2v) is 24.2. The summed E-state index contributed by atoms with van der Waals surface area (Å²) in [5.74, 6) is 0. The first-order valence-corrected chi connectivity index (χ1v) is 30.9. The summed E-state index contributed by atoms with van der Waals surface area (Å²) in [7, 11) is 7.94. The summed E-state index contributed by atoms with van der Waals surface area (Å²) >= 11 is 0. The minimum Gasteiger partial charge on any atom is -0.201 e. The summed E-state index contributed by atoms with van der Waals surface area (Å²) in [5.41, 5.74) is 32.3. The number of benzene rings is 8. The Labute approximate surface area is 580 Å². The zero-order valence-corrected chi connectivity index (χ0v) is 55.2. The molecule has 4 nitrogen and oxygen atoms in total. The second-order valence-electron chi connectivity index (χ2n) is 24.2. The Bertz CT molecular complexity index is 4880. The normalized spacial score (nSPS) is 12.1. The van der Waals surface area contributed by atoms with E-state index >= 15 is 0 Å². The van der Waals surface area contributed by atoms with Gasteiger partial charge in [0.25, 0.3) is 0 Å². The van der Waals surface area contributed by atoms with Crippen molar-refractivity contribution >= 4 is 0 Å². The smallest absolute Gasteiger partial charge is 0.201 e. The molecule has 484 valence electrons. The first-order chi connectivity index (χ1) is 46.7. The lowest BCUT2D eigenvalue weighted by molar-refractivity contribution is -0.660. The fourth-order valence-electron chi connectivity index (χ4n) is 12.0. The lowest BCUT2D eigenvalue weighted by atomic mass is 9.93. The molecular formula is C90H108N4+4. The van der Waals surface area contributed by atoms with Gasteiger partial charge in [0.05, 0.1) is 0 Å². The van der Waals surface area contributed by atoms with E-state index in [1.54, 1.807) is 42.2 Å². The van der Waals surface area contributed by atoms with Crippen LogP contribution in [0, 0.1) is 96.7 Å². The van der Waals surface area contributed by atoms with Crippen LogP contribution in [-0.2, 0) is 28.2 Å². The summed E-state index contributed by atoms with van der Waals surface area (Å²) in [6.07, 6.45) is 7.72. The van der Waals surface area contributed by atoms with Crippen LogP contribution < -0.4 is 18.3 Å². The summed E-state index contributed by atoms with van der Waals surface area (Å²) < 4.78 is 77.8. The van der Waals surface area contributed by atoms with Gasteiger partial charge in [-0.25, -0.2) is 18.3 Å². The van der Waals surface area contributed by atoms with Gasteiger partial charge in [-0.05, 0) is 233 Å². The topological polar surface area (TPSA) is 15.5 Å². The quantitative estimate of drug-likeness (QED) is 0.135. The van der Waals surface area contributed by atoms with Crippen molar-refractivity contribution in [1.82, 2.24) is 0 Å². The zero-order chi connectivity index (χ0) is 72.0. The van der Waals surface area contributed by atoms with Gasteiger partial charge < -0.3 is 0 Å². The van der Waals surface area contributed by atoms with Crippen molar-refractivity contribution < 1.29 is 30.6 Å². The minimum absolute atomic E-state index is 0. The van der Waals surface area contributed by atoms with Crippen LogP contribution >= 0.6 is 0 Å². The average molecular weight is 1250 g/mol. The maximum Gasteiger partial charge on any atom is 0.212 e. The molecule has 0 unspecified atom stereocenters. The van der Waals surface area contributed by atoms with Gasteiger partial charge in [-0.15, -0.1) is 0 Å². The predicted molar refractivity (Wildman–Crippen MR) is 407 cm³/mol. The van der Waals surface area contributed by atoms with Crippen LogP contribution in [-0.4, -0.2) is 0 Å². The van der Waals surface area contributed by atoms with Gasteiger partial charge in [0.15, 0.2) is 24.8 Å². The monoisotopic (exact) mass is 1250 g/mol. The number of hydrogen-bond acceptors (Lipinski definition) is 0. The summed E-state index contributed by atoms with van der Waals surface area (Å²) in [6, 6.07) is 70.3. The number of aromatic nitrogens is 4. The number of nitrogens with zero attached hydrogens (tertiary/aromatic N) is 4. The Morgan fingerprint density at radius 3 is 0.851 bits per heavy atom. The average Bonchev–Trinajstić information content (AvgIpc) is 0.767. The Morgan fingerprint density at radius 1 is 0.213 bits per heavy atom. The Hall–Kier alpha value is -9.64. The van der Waals surface area contributed by atoms with Crippen LogP contribution in [0.4, 0.5) is 0 Å². The molecule has 4 aromatic heterocycles. The third-order valence-corrected chi connectivity index (χ3v) is 17.2. The van der Waals surface area contributed by atoms with Gasteiger partial charge >= 0.3 is 0 Å². The van der Waals surface area contributed by atoms with Crippen molar-refractivity contribution in [3.63, 3.8) is 0 Å². The molecular weight excluding hydrogens is 1140 g/mol.